The lowest BCUT2D eigenvalue weighted by Gasteiger charge is -2.25. The second-order valence-electron chi connectivity index (χ2n) is 7.90. The lowest BCUT2D eigenvalue weighted by molar-refractivity contribution is 0.0990. The van der Waals surface area contributed by atoms with Crippen LogP contribution in [0.4, 0.5) is 11.4 Å². The predicted molar refractivity (Wildman–Crippen MR) is 135 cm³/mol. The monoisotopic (exact) mass is 488 g/mol. The maximum absolute atomic E-state index is 13.7. The molecule has 3 N–H and O–H groups in total. The summed E-state index contributed by atoms with van der Waals surface area (Å²) >= 11 is 0. The Morgan fingerprint density at radius 2 is 1.57 bits per heavy atom. The molecule has 0 bridgehead atoms. The zero-order valence-electron chi connectivity index (χ0n) is 19.0. The van der Waals surface area contributed by atoms with Gasteiger partial charge < -0.3 is 15.6 Å². The third-order valence-electron chi connectivity index (χ3n) is 5.41. The lowest BCUT2D eigenvalue weighted by Crippen LogP contribution is -2.30. The molecule has 178 valence electrons. The Morgan fingerprint density at radius 1 is 0.914 bits per heavy atom. The Balaban J connectivity index is 1.65. The molecule has 0 fully saturated rings. The summed E-state index contributed by atoms with van der Waals surface area (Å²) < 4.78 is 30.3. The molecule has 0 aliphatic carbocycles. The zero-order chi connectivity index (χ0) is 25.0. The molecule has 3 aromatic carbocycles. The Kier molecular flexibility index (Phi) is 6.70. The Labute approximate surface area is 203 Å². The molecule has 1 heterocycles. The molecule has 0 saturated carbocycles. The number of aryl methyl sites for hydroxylation is 1. The maximum Gasteiger partial charge on any atom is 0.265 e. The van der Waals surface area contributed by atoms with Gasteiger partial charge in [-0.1, -0.05) is 54.6 Å². The number of amides is 2. The highest BCUT2D eigenvalue weighted by molar-refractivity contribution is 7.92. The first-order chi connectivity index (χ1) is 16.8. The average Bonchev–Trinajstić information content (AvgIpc) is 3.23. The van der Waals surface area contributed by atoms with Gasteiger partial charge in [-0.3, -0.25) is 13.9 Å². The standard InChI is InChI=1S/C26H24N4O4S/c1-29-18-21(16-24(29)25(27)31)28-26(32)20-11-8-14-23(15-20)35(33,34)30(22-12-6-3-7-13-22)17-19-9-4-2-5-10-19/h2-16,18H,17H2,1H3,(H2,27,31)(H,28,32). The molecular weight excluding hydrogens is 464 g/mol. The van der Waals surface area contributed by atoms with Gasteiger partial charge >= 0.3 is 0 Å². The van der Waals surface area contributed by atoms with Gasteiger partial charge in [0, 0.05) is 18.8 Å². The first kappa shape index (κ1) is 23.8. The second-order valence-corrected chi connectivity index (χ2v) is 9.77. The number of rotatable bonds is 8. The van der Waals surface area contributed by atoms with Crippen LogP contribution in [0, 0.1) is 0 Å². The number of nitrogens with two attached hydrogens (primary N) is 1. The molecule has 0 atom stereocenters. The lowest BCUT2D eigenvalue weighted by atomic mass is 10.2. The van der Waals surface area contributed by atoms with E-state index in [1.165, 1.54) is 39.2 Å². The van der Waals surface area contributed by atoms with Gasteiger partial charge in [-0.05, 0) is 42.0 Å². The molecule has 0 aliphatic heterocycles. The fraction of sp³-hybridized carbons (Fsp3) is 0.0769. The number of primary amides is 1. The van der Waals surface area contributed by atoms with Crippen LogP contribution in [-0.2, 0) is 23.6 Å². The van der Waals surface area contributed by atoms with Crippen LogP contribution in [0.5, 0.6) is 0 Å². The van der Waals surface area contributed by atoms with Crippen molar-refractivity contribution in [3.8, 4) is 0 Å². The number of benzene rings is 3. The fourth-order valence-electron chi connectivity index (χ4n) is 3.66. The number of para-hydroxylation sites is 1. The van der Waals surface area contributed by atoms with Crippen LogP contribution in [0.3, 0.4) is 0 Å². The largest absolute Gasteiger partial charge is 0.364 e. The number of nitrogens with zero attached hydrogens (tertiary/aromatic N) is 2. The van der Waals surface area contributed by atoms with Gasteiger partial charge in [0.15, 0.2) is 0 Å². The van der Waals surface area contributed by atoms with E-state index < -0.39 is 21.8 Å². The van der Waals surface area contributed by atoms with E-state index in [9.17, 15) is 18.0 Å². The second kappa shape index (κ2) is 9.86. The van der Waals surface area contributed by atoms with Crippen molar-refractivity contribution in [2.45, 2.75) is 11.4 Å². The average molecular weight is 489 g/mol. The highest BCUT2D eigenvalue weighted by Gasteiger charge is 2.26. The Morgan fingerprint density at radius 3 is 2.20 bits per heavy atom. The van der Waals surface area contributed by atoms with Crippen LogP contribution in [0.15, 0.2) is 102 Å². The summed E-state index contributed by atoms with van der Waals surface area (Å²) in [7, 11) is -2.37. The normalized spacial score (nSPS) is 11.1. The minimum absolute atomic E-state index is 0.0178. The predicted octanol–water partition coefficient (Wildman–Crippen LogP) is 3.77. The van der Waals surface area contributed by atoms with Crippen molar-refractivity contribution in [1.29, 1.82) is 0 Å². The molecule has 0 aliphatic rings. The van der Waals surface area contributed by atoms with Crippen molar-refractivity contribution in [2.75, 3.05) is 9.62 Å². The minimum Gasteiger partial charge on any atom is -0.364 e. The van der Waals surface area contributed by atoms with Crippen molar-refractivity contribution in [1.82, 2.24) is 4.57 Å². The molecule has 1 aromatic heterocycles. The molecule has 35 heavy (non-hydrogen) atoms. The molecule has 0 radical (unpaired) electrons. The summed E-state index contributed by atoms with van der Waals surface area (Å²) in [6.45, 7) is 0.128. The third-order valence-corrected chi connectivity index (χ3v) is 7.18. The highest BCUT2D eigenvalue weighted by atomic mass is 32.2. The quantitative estimate of drug-likeness (QED) is 0.393. The molecule has 0 unspecified atom stereocenters. The zero-order valence-corrected chi connectivity index (χ0v) is 19.8. The van der Waals surface area contributed by atoms with E-state index in [0.717, 1.165) is 5.56 Å². The van der Waals surface area contributed by atoms with Crippen molar-refractivity contribution in [2.24, 2.45) is 12.8 Å². The summed E-state index contributed by atoms with van der Waals surface area (Å²) in [6.07, 6.45) is 1.55. The molecule has 9 heteroatoms. The van der Waals surface area contributed by atoms with Crippen molar-refractivity contribution in [3.05, 3.63) is 114 Å². The van der Waals surface area contributed by atoms with E-state index >= 15 is 0 Å². The van der Waals surface area contributed by atoms with Crippen molar-refractivity contribution in [3.63, 3.8) is 0 Å². The Bertz CT molecular complexity index is 1470. The van der Waals surface area contributed by atoms with Crippen LogP contribution in [0.2, 0.25) is 0 Å². The van der Waals surface area contributed by atoms with Crippen LogP contribution < -0.4 is 15.4 Å². The molecule has 0 spiro atoms. The van der Waals surface area contributed by atoms with E-state index in [1.54, 1.807) is 37.5 Å². The van der Waals surface area contributed by atoms with E-state index in [0.29, 0.717) is 11.4 Å². The number of sulfonamides is 1. The van der Waals surface area contributed by atoms with E-state index in [-0.39, 0.29) is 22.7 Å². The number of anilines is 2. The van der Waals surface area contributed by atoms with Crippen LogP contribution in [-0.4, -0.2) is 24.8 Å². The number of carbonyl (C=O) groups is 2. The van der Waals surface area contributed by atoms with Crippen LogP contribution in [0.1, 0.15) is 26.4 Å². The van der Waals surface area contributed by atoms with Crippen LogP contribution in [0.25, 0.3) is 0 Å². The first-order valence-corrected chi connectivity index (χ1v) is 12.2. The molecule has 4 rings (SSSR count). The highest BCUT2D eigenvalue weighted by Crippen LogP contribution is 2.26. The van der Waals surface area contributed by atoms with Gasteiger partial charge in [0.2, 0.25) is 0 Å². The number of carbonyl (C=O) groups excluding carboxylic acids is 2. The fourth-order valence-corrected chi connectivity index (χ4v) is 5.16. The van der Waals surface area contributed by atoms with Crippen molar-refractivity contribution >= 4 is 33.2 Å². The van der Waals surface area contributed by atoms with Gasteiger partial charge in [0.05, 0.1) is 22.8 Å². The summed E-state index contributed by atoms with van der Waals surface area (Å²) in [5.41, 5.74) is 7.41. The summed E-state index contributed by atoms with van der Waals surface area (Å²) in [5, 5.41) is 2.68. The van der Waals surface area contributed by atoms with Gasteiger partial charge in [-0.25, -0.2) is 8.42 Å². The van der Waals surface area contributed by atoms with Gasteiger partial charge in [0.1, 0.15) is 5.69 Å². The SMILES string of the molecule is Cn1cc(NC(=O)c2cccc(S(=O)(=O)N(Cc3ccccc3)c3ccccc3)c2)cc1C(N)=O. The molecule has 8 nitrogen and oxygen atoms in total. The molecule has 2 amide bonds. The molecule has 0 saturated heterocycles. The summed E-state index contributed by atoms with van der Waals surface area (Å²) in [4.78, 5) is 24.3. The third kappa shape index (κ3) is 5.25. The summed E-state index contributed by atoms with van der Waals surface area (Å²) in [6, 6.07) is 25.4. The topological polar surface area (TPSA) is 114 Å². The number of aromatic nitrogens is 1. The van der Waals surface area contributed by atoms with E-state index in [2.05, 4.69) is 5.32 Å². The Hall–Kier alpha value is -4.37. The minimum atomic E-state index is -4.01. The summed E-state index contributed by atoms with van der Waals surface area (Å²) in [5.74, 6) is -1.14. The van der Waals surface area contributed by atoms with Gasteiger partial charge in [-0.2, -0.15) is 0 Å². The van der Waals surface area contributed by atoms with Gasteiger partial charge in [0.25, 0.3) is 21.8 Å². The van der Waals surface area contributed by atoms with Gasteiger partial charge in [-0.15, -0.1) is 0 Å². The van der Waals surface area contributed by atoms with E-state index in [4.69, 9.17) is 5.73 Å². The van der Waals surface area contributed by atoms with Crippen molar-refractivity contribution < 1.29 is 18.0 Å². The van der Waals surface area contributed by atoms with E-state index in [1.807, 2.05) is 36.4 Å². The molecule has 4 aromatic rings. The first-order valence-electron chi connectivity index (χ1n) is 10.7. The number of hydrogen-bond donors (Lipinski definition) is 2. The maximum atomic E-state index is 13.7. The number of nitrogens with one attached hydrogen (secondary N) is 1. The van der Waals surface area contributed by atoms with Crippen LogP contribution >= 0.6 is 0 Å². The molecular formula is C26H24N4O4S. The smallest absolute Gasteiger partial charge is 0.265 e. The number of hydrogen-bond acceptors (Lipinski definition) is 4.